The van der Waals surface area contributed by atoms with Crippen LogP contribution in [-0.4, -0.2) is 26.6 Å². The second-order valence-corrected chi connectivity index (χ2v) is 4.61. The molecule has 104 valence electrons. The average Bonchev–Trinajstić information content (AvgIpc) is 2.87. The molecule has 2 heterocycles. The highest BCUT2D eigenvalue weighted by Crippen LogP contribution is 2.19. The zero-order chi connectivity index (χ0) is 14.7. The van der Waals surface area contributed by atoms with E-state index in [0.29, 0.717) is 11.8 Å². The van der Waals surface area contributed by atoms with Gasteiger partial charge in [-0.05, 0) is 19.2 Å². The Bertz CT molecular complexity index is 797. The lowest BCUT2D eigenvalue weighted by molar-refractivity contribution is 0.796. The summed E-state index contributed by atoms with van der Waals surface area (Å²) < 4.78 is 1.84. The van der Waals surface area contributed by atoms with Gasteiger partial charge in [0.25, 0.3) is 0 Å². The number of nitrogens with one attached hydrogen (secondary N) is 1. The Balaban J connectivity index is 2.13. The Morgan fingerprint density at radius 1 is 1.24 bits per heavy atom. The van der Waals surface area contributed by atoms with Gasteiger partial charge in [-0.1, -0.05) is 12.1 Å². The van der Waals surface area contributed by atoms with E-state index in [9.17, 15) is 0 Å². The number of imidazole rings is 1. The Kier molecular flexibility index (Phi) is 3.58. The maximum Gasteiger partial charge on any atom is 0.235 e. The molecular formula is C15H14N6. The van der Waals surface area contributed by atoms with E-state index in [4.69, 9.17) is 5.26 Å². The Labute approximate surface area is 122 Å². The Morgan fingerprint density at radius 2 is 2.00 bits per heavy atom. The van der Waals surface area contributed by atoms with Crippen LogP contribution >= 0.6 is 0 Å². The summed E-state index contributed by atoms with van der Waals surface area (Å²) in [4.78, 5) is 13.3. The van der Waals surface area contributed by atoms with Crippen LogP contribution in [0.1, 0.15) is 11.4 Å². The normalized spacial score (nSPS) is 10.7. The number of hydrogen-bond acceptors (Lipinski definition) is 5. The highest BCUT2D eigenvalue weighted by Gasteiger charge is 2.13. The molecule has 6 heteroatoms. The first-order valence-corrected chi connectivity index (χ1v) is 6.62. The SMILES string of the molecule is CNCc1cnc(-n2c(CC#N)nc3ccccc32)nc1. The van der Waals surface area contributed by atoms with Gasteiger partial charge in [-0.2, -0.15) is 5.26 Å². The predicted molar refractivity (Wildman–Crippen MR) is 78.7 cm³/mol. The summed E-state index contributed by atoms with van der Waals surface area (Å²) >= 11 is 0. The maximum absolute atomic E-state index is 8.98. The van der Waals surface area contributed by atoms with Crippen molar-refractivity contribution >= 4 is 11.0 Å². The fourth-order valence-corrected chi connectivity index (χ4v) is 2.25. The molecule has 0 aliphatic heterocycles. The quantitative estimate of drug-likeness (QED) is 0.784. The van der Waals surface area contributed by atoms with Gasteiger partial charge >= 0.3 is 0 Å². The summed E-state index contributed by atoms with van der Waals surface area (Å²) in [5, 5.41) is 12.0. The molecule has 1 N–H and O–H groups in total. The van der Waals surface area contributed by atoms with Crippen LogP contribution in [0.4, 0.5) is 0 Å². The summed E-state index contributed by atoms with van der Waals surface area (Å²) in [5.41, 5.74) is 2.75. The largest absolute Gasteiger partial charge is 0.316 e. The topological polar surface area (TPSA) is 79.4 Å². The number of fused-ring (bicyclic) bond motifs is 1. The van der Waals surface area contributed by atoms with E-state index >= 15 is 0 Å². The molecule has 3 aromatic rings. The zero-order valence-corrected chi connectivity index (χ0v) is 11.6. The van der Waals surface area contributed by atoms with Crippen LogP contribution in [0.5, 0.6) is 0 Å². The molecule has 21 heavy (non-hydrogen) atoms. The van der Waals surface area contributed by atoms with Crippen molar-refractivity contribution < 1.29 is 0 Å². The van der Waals surface area contributed by atoms with Gasteiger partial charge in [-0.15, -0.1) is 0 Å². The third kappa shape index (κ3) is 2.47. The van der Waals surface area contributed by atoms with E-state index in [2.05, 4.69) is 26.3 Å². The van der Waals surface area contributed by atoms with Crippen molar-refractivity contribution in [1.29, 1.82) is 5.26 Å². The van der Waals surface area contributed by atoms with E-state index < -0.39 is 0 Å². The second kappa shape index (κ2) is 5.69. The summed E-state index contributed by atoms with van der Waals surface area (Å²) in [5.74, 6) is 1.19. The molecule has 0 radical (unpaired) electrons. The van der Waals surface area contributed by atoms with Crippen LogP contribution in [0.15, 0.2) is 36.7 Å². The molecule has 0 atom stereocenters. The molecule has 3 rings (SSSR count). The fraction of sp³-hybridized carbons (Fsp3) is 0.200. The zero-order valence-electron chi connectivity index (χ0n) is 11.6. The van der Waals surface area contributed by atoms with Crippen molar-refractivity contribution in [2.75, 3.05) is 7.05 Å². The van der Waals surface area contributed by atoms with Crippen molar-refractivity contribution in [3.8, 4) is 12.0 Å². The molecule has 0 aliphatic carbocycles. The minimum Gasteiger partial charge on any atom is -0.316 e. The van der Waals surface area contributed by atoms with Crippen LogP contribution in [-0.2, 0) is 13.0 Å². The Hall–Kier alpha value is -2.78. The van der Waals surface area contributed by atoms with Crippen LogP contribution in [0, 0.1) is 11.3 Å². The van der Waals surface area contributed by atoms with Crippen molar-refractivity contribution in [2.24, 2.45) is 0 Å². The molecular weight excluding hydrogens is 264 g/mol. The van der Waals surface area contributed by atoms with Crippen molar-refractivity contribution in [2.45, 2.75) is 13.0 Å². The van der Waals surface area contributed by atoms with Gasteiger partial charge in [-0.3, -0.25) is 4.57 Å². The molecule has 0 spiro atoms. The summed E-state index contributed by atoms with van der Waals surface area (Å²) in [6.07, 6.45) is 3.78. The van der Waals surface area contributed by atoms with E-state index in [1.54, 1.807) is 12.4 Å². The first-order valence-electron chi connectivity index (χ1n) is 6.62. The predicted octanol–water partition coefficient (Wildman–Crippen LogP) is 1.60. The number of rotatable bonds is 4. The molecule has 0 saturated heterocycles. The van der Waals surface area contributed by atoms with Crippen molar-refractivity contribution in [3.63, 3.8) is 0 Å². The maximum atomic E-state index is 8.98. The molecule has 0 saturated carbocycles. The van der Waals surface area contributed by atoms with Gasteiger partial charge in [0.05, 0.1) is 23.5 Å². The first-order chi connectivity index (χ1) is 10.3. The first kappa shape index (κ1) is 13.2. The van der Waals surface area contributed by atoms with Crippen LogP contribution < -0.4 is 5.32 Å². The summed E-state index contributed by atoms with van der Waals surface area (Å²) in [7, 11) is 1.88. The van der Waals surface area contributed by atoms with Crippen molar-refractivity contribution in [3.05, 3.63) is 48.0 Å². The monoisotopic (exact) mass is 278 g/mol. The third-order valence-electron chi connectivity index (χ3n) is 3.14. The highest BCUT2D eigenvalue weighted by atomic mass is 15.2. The minimum absolute atomic E-state index is 0.219. The lowest BCUT2D eigenvalue weighted by atomic mass is 10.3. The van der Waals surface area contributed by atoms with Crippen LogP contribution in [0.25, 0.3) is 17.0 Å². The second-order valence-electron chi connectivity index (χ2n) is 4.61. The van der Waals surface area contributed by atoms with Gasteiger partial charge < -0.3 is 5.32 Å². The molecule has 0 bridgehead atoms. The molecule has 6 nitrogen and oxygen atoms in total. The van der Waals surface area contributed by atoms with Crippen LogP contribution in [0.3, 0.4) is 0 Å². The minimum atomic E-state index is 0.219. The molecule has 2 aromatic heterocycles. The molecule has 0 unspecified atom stereocenters. The summed E-state index contributed by atoms with van der Waals surface area (Å²) in [6.45, 7) is 0.718. The Morgan fingerprint density at radius 3 is 2.71 bits per heavy atom. The van der Waals surface area contributed by atoms with Gasteiger partial charge in [0, 0.05) is 24.5 Å². The fourth-order valence-electron chi connectivity index (χ4n) is 2.25. The van der Waals surface area contributed by atoms with Gasteiger partial charge in [0.15, 0.2) is 0 Å². The lowest BCUT2D eigenvalue weighted by Crippen LogP contribution is -2.09. The average molecular weight is 278 g/mol. The number of para-hydroxylation sites is 2. The molecule has 0 aliphatic rings. The molecule has 0 amide bonds. The molecule has 0 fully saturated rings. The van der Waals surface area contributed by atoms with E-state index in [1.165, 1.54) is 0 Å². The van der Waals surface area contributed by atoms with Gasteiger partial charge in [0.2, 0.25) is 5.95 Å². The van der Waals surface area contributed by atoms with Crippen molar-refractivity contribution in [1.82, 2.24) is 24.8 Å². The number of aromatic nitrogens is 4. The van der Waals surface area contributed by atoms with Crippen LogP contribution in [0.2, 0.25) is 0 Å². The van der Waals surface area contributed by atoms with E-state index in [1.807, 2.05) is 35.9 Å². The standard InChI is InChI=1S/C15H14N6/c1-17-8-11-9-18-15(19-10-11)21-13-5-3-2-4-12(13)20-14(21)6-7-16/h2-5,9-10,17H,6,8H2,1H3. The highest BCUT2D eigenvalue weighted by molar-refractivity contribution is 5.77. The summed E-state index contributed by atoms with van der Waals surface area (Å²) in [6, 6.07) is 9.87. The number of hydrogen-bond donors (Lipinski definition) is 1. The number of benzene rings is 1. The number of nitriles is 1. The number of nitrogens with zero attached hydrogens (tertiary/aromatic N) is 5. The van der Waals surface area contributed by atoms with E-state index in [-0.39, 0.29) is 6.42 Å². The van der Waals surface area contributed by atoms with Gasteiger partial charge in [0.1, 0.15) is 5.82 Å². The van der Waals surface area contributed by atoms with Gasteiger partial charge in [-0.25, -0.2) is 15.0 Å². The smallest absolute Gasteiger partial charge is 0.235 e. The van der Waals surface area contributed by atoms with E-state index in [0.717, 1.165) is 23.1 Å². The molecule has 1 aromatic carbocycles. The third-order valence-corrected chi connectivity index (χ3v) is 3.14. The lowest BCUT2D eigenvalue weighted by Gasteiger charge is -2.06.